The van der Waals surface area contributed by atoms with Crippen LogP contribution in [-0.2, 0) is 16.0 Å². The summed E-state index contributed by atoms with van der Waals surface area (Å²) in [6.45, 7) is 5.79. The number of carbonyl (C=O) groups excluding carboxylic acids is 2. The van der Waals surface area contributed by atoms with E-state index in [9.17, 15) is 14.0 Å². The van der Waals surface area contributed by atoms with Crippen molar-refractivity contribution in [1.29, 1.82) is 0 Å². The van der Waals surface area contributed by atoms with Crippen molar-refractivity contribution in [3.8, 4) is 0 Å². The predicted octanol–water partition coefficient (Wildman–Crippen LogP) is 1.46. The number of halogens is 1. The molecule has 3 heterocycles. The van der Waals surface area contributed by atoms with E-state index < -0.39 is 0 Å². The third kappa shape index (κ3) is 4.37. The fraction of sp³-hybridized carbons (Fsp3) is 0.652. The molecule has 0 aromatic heterocycles. The summed E-state index contributed by atoms with van der Waals surface area (Å²) in [4.78, 5) is 34.2. The average molecular weight is 417 g/mol. The molecular weight excluding hydrogens is 383 g/mol. The van der Waals surface area contributed by atoms with E-state index >= 15 is 0 Å². The molecule has 2 amide bonds. The third-order valence-corrected chi connectivity index (χ3v) is 7.32. The van der Waals surface area contributed by atoms with Gasteiger partial charge in [0, 0.05) is 45.8 Å². The van der Waals surface area contributed by atoms with E-state index in [-0.39, 0.29) is 35.5 Å². The number of benzene rings is 1. The Bertz CT molecular complexity index is 785. The Kier molecular flexibility index (Phi) is 6.11. The average Bonchev–Trinajstić information content (AvgIpc) is 3.06. The lowest BCUT2D eigenvalue weighted by Crippen LogP contribution is -2.52. The summed E-state index contributed by atoms with van der Waals surface area (Å²) in [6, 6.07) is 6.44. The molecule has 0 N–H and O–H groups in total. The molecule has 3 aliphatic rings. The van der Waals surface area contributed by atoms with E-state index in [1.54, 1.807) is 18.2 Å². The normalized spacial score (nSPS) is 25.1. The summed E-state index contributed by atoms with van der Waals surface area (Å²) >= 11 is 0. The molecule has 1 aromatic rings. The monoisotopic (exact) mass is 416 g/mol. The van der Waals surface area contributed by atoms with Gasteiger partial charge in [-0.05, 0) is 50.4 Å². The van der Waals surface area contributed by atoms with Crippen LogP contribution in [0.25, 0.3) is 0 Å². The fourth-order valence-corrected chi connectivity index (χ4v) is 5.29. The molecule has 1 unspecified atom stereocenters. The zero-order chi connectivity index (χ0) is 21.3. The molecule has 1 aromatic carbocycles. The predicted molar refractivity (Wildman–Crippen MR) is 113 cm³/mol. The highest BCUT2D eigenvalue weighted by molar-refractivity contribution is 5.82. The molecule has 0 bridgehead atoms. The molecule has 3 saturated heterocycles. The van der Waals surface area contributed by atoms with Gasteiger partial charge >= 0.3 is 0 Å². The number of amides is 2. The maximum absolute atomic E-state index is 13.9. The van der Waals surface area contributed by atoms with Gasteiger partial charge in [0.2, 0.25) is 11.8 Å². The highest BCUT2D eigenvalue weighted by Gasteiger charge is 2.48. The molecule has 30 heavy (non-hydrogen) atoms. The maximum atomic E-state index is 13.9. The standard InChI is InChI=1S/C23H33FN4O2/c1-25-11-13-28(14-12-25)22(30)20-16-23(17-26(20)2)7-9-27(10-8-23)21(29)15-18-5-3-4-6-19(18)24/h3-6,20H,7-17H2,1-2H3. The lowest BCUT2D eigenvalue weighted by Gasteiger charge is -2.39. The first kappa shape index (κ1) is 21.2. The molecule has 3 fully saturated rings. The number of hydrogen-bond donors (Lipinski definition) is 0. The molecule has 164 valence electrons. The Morgan fingerprint density at radius 1 is 1.00 bits per heavy atom. The van der Waals surface area contributed by atoms with Crippen LogP contribution in [0.3, 0.4) is 0 Å². The van der Waals surface area contributed by atoms with Crippen LogP contribution in [0.4, 0.5) is 4.39 Å². The third-order valence-electron chi connectivity index (χ3n) is 7.32. The molecule has 0 aliphatic carbocycles. The second-order valence-electron chi connectivity index (χ2n) is 9.41. The van der Waals surface area contributed by atoms with E-state index in [4.69, 9.17) is 0 Å². The van der Waals surface area contributed by atoms with Gasteiger partial charge in [0.05, 0.1) is 12.5 Å². The largest absolute Gasteiger partial charge is 0.342 e. The van der Waals surface area contributed by atoms with Gasteiger partial charge in [0.15, 0.2) is 0 Å². The van der Waals surface area contributed by atoms with Crippen molar-refractivity contribution >= 4 is 11.8 Å². The van der Waals surface area contributed by atoms with E-state index in [1.165, 1.54) is 6.07 Å². The van der Waals surface area contributed by atoms with E-state index in [0.29, 0.717) is 18.7 Å². The van der Waals surface area contributed by atoms with Gasteiger partial charge in [-0.3, -0.25) is 14.5 Å². The van der Waals surface area contributed by atoms with Crippen molar-refractivity contribution in [3.63, 3.8) is 0 Å². The van der Waals surface area contributed by atoms with Gasteiger partial charge in [-0.1, -0.05) is 18.2 Å². The Balaban J connectivity index is 1.32. The quantitative estimate of drug-likeness (QED) is 0.749. The molecule has 6 nitrogen and oxygen atoms in total. The Morgan fingerprint density at radius 3 is 2.33 bits per heavy atom. The van der Waals surface area contributed by atoms with Crippen molar-refractivity contribution in [3.05, 3.63) is 35.6 Å². The highest BCUT2D eigenvalue weighted by Crippen LogP contribution is 2.43. The zero-order valence-corrected chi connectivity index (χ0v) is 18.1. The number of rotatable bonds is 3. The molecule has 7 heteroatoms. The summed E-state index contributed by atoms with van der Waals surface area (Å²) < 4.78 is 13.9. The number of nitrogens with zero attached hydrogens (tertiary/aromatic N) is 4. The second kappa shape index (κ2) is 8.63. The van der Waals surface area contributed by atoms with Gasteiger partial charge in [0.25, 0.3) is 0 Å². The summed E-state index contributed by atoms with van der Waals surface area (Å²) in [5, 5.41) is 0. The molecule has 0 radical (unpaired) electrons. The minimum absolute atomic E-state index is 0.00800. The molecule has 3 aliphatic heterocycles. The molecule has 1 spiro atoms. The van der Waals surface area contributed by atoms with E-state index in [0.717, 1.165) is 52.0 Å². The first-order valence-corrected chi connectivity index (χ1v) is 11.1. The number of likely N-dealkylation sites (tertiary alicyclic amines) is 2. The van der Waals surface area contributed by atoms with Gasteiger partial charge in [-0.2, -0.15) is 0 Å². The van der Waals surface area contributed by atoms with Crippen LogP contribution in [0.15, 0.2) is 24.3 Å². The van der Waals surface area contributed by atoms with Crippen molar-refractivity contribution in [2.24, 2.45) is 5.41 Å². The summed E-state index contributed by atoms with van der Waals surface area (Å²) in [5.74, 6) is -0.0612. The van der Waals surface area contributed by atoms with Crippen LogP contribution < -0.4 is 0 Å². The molecule has 0 saturated carbocycles. The number of carbonyl (C=O) groups is 2. The molecule has 1 atom stereocenters. The fourth-order valence-electron chi connectivity index (χ4n) is 5.29. The van der Waals surface area contributed by atoms with Crippen LogP contribution in [0.1, 0.15) is 24.8 Å². The summed E-state index contributed by atoms with van der Waals surface area (Å²) in [7, 11) is 4.16. The number of piperidine rings is 1. The Morgan fingerprint density at radius 2 is 1.67 bits per heavy atom. The number of likely N-dealkylation sites (N-methyl/N-ethyl adjacent to an activating group) is 2. The van der Waals surface area contributed by atoms with Crippen LogP contribution >= 0.6 is 0 Å². The first-order chi connectivity index (χ1) is 14.4. The molecule has 4 rings (SSSR count). The maximum Gasteiger partial charge on any atom is 0.240 e. The second-order valence-corrected chi connectivity index (χ2v) is 9.41. The van der Waals surface area contributed by atoms with Crippen LogP contribution in [0, 0.1) is 11.2 Å². The minimum Gasteiger partial charge on any atom is -0.342 e. The smallest absolute Gasteiger partial charge is 0.240 e. The van der Waals surface area contributed by atoms with E-state index in [2.05, 4.69) is 23.9 Å². The van der Waals surface area contributed by atoms with Crippen molar-refractivity contribution < 1.29 is 14.0 Å². The minimum atomic E-state index is -0.318. The first-order valence-electron chi connectivity index (χ1n) is 11.1. The van der Waals surface area contributed by atoms with Crippen molar-refractivity contribution in [1.82, 2.24) is 19.6 Å². The lowest BCUT2D eigenvalue weighted by molar-refractivity contribution is -0.137. The highest BCUT2D eigenvalue weighted by atomic mass is 19.1. The SMILES string of the molecule is CN1CCN(C(=O)C2CC3(CCN(C(=O)Cc4ccccc4F)CC3)CN2C)CC1. The number of hydrogen-bond acceptors (Lipinski definition) is 4. The molecular formula is C23H33FN4O2. The zero-order valence-electron chi connectivity index (χ0n) is 18.1. The van der Waals surface area contributed by atoms with Gasteiger partial charge in [0.1, 0.15) is 5.82 Å². The summed E-state index contributed by atoms with van der Waals surface area (Å²) in [5.41, 5.74) is 0.567. The van der Waals surface area contributed by atoms with Gasteiger partial charge in [-0.25, -0.2) is 4.39 Å². The number of piperazine rings is 1. The summed E-state index contributed by atoms with van der Waals surface area (Å²) in [6.07, 6.45) is 2.81. The Labute approximate surface area is 178 Å². The van der Waals surface area contributed by atoms with E-state index in [1.807, 2.05) is 9.80 Å². The topological polar surface area (TPSA) is 47.1 Å². The van der Waals surface area contributed by atoms with Crippen molar-refractivity contribution in [2.75, 3.05) is 59.9 Å². The van der Waals surface area contributed by atoms with Gasteiger partial charge in [-0.15, -0.1) is 0 Å². The van der Waals surface area contributed by atoms with Gasteiger partial charge < -0.3 is 14.7 Å². The van der Waals surface area contributed by atoms with Crippen LogP contribution in [0.5, 0.6) is 0 Å². The van der Waals surface area contributed by atoms with Crippen LogP contribution in [-0.4, -0.2) is 97.4 Å². The lowest BCUT2D eigenvalue weighted by atomic mass is 9.76. The van der Waals surface area contributed by atoms with Crippen molar-refractivity contribution in [2.45, 2.75) is 31.7 Å². The Hall–Kier alpha value is -1.99. The van der Waals surface area contributed by atoms with Crippen LogP contribution in [0.2, 0.25) is 0 Å².